The number of pyridine rings is 1. The van der Waals surface area contributed by atoms with Crippen molar-refractivity contribution in [2.24, 2.45) is 0 Å². The number of nitrogens with zero attached hydrogens (tertiary/aromatic N) is 3. The molecule has 0 bridgehead atoms. The van der Waals surface area contributed by atoms with Gasteiger partial charge in [0.2, 0.25) is 5.95 Å². The Kier molecular flexibility index (Phi) is 5.09. The van der Waals surface area contributed by atoms with Crippen molar-refractivity contribution in [2.45, 2.75) is 57.7 Å². The number of piperidine rings is 1. The molecule has 0 aliphatic carbocycles. The van der Waals surface area contributed by atoms with E-state index in [0.29, 0.717) is 12.0 Å². The number of aromatic nitrogens is 3. The molecule has 1 fully saturated rings. The minimum Gasteiger partial charge on any atom is -0.351 e. The van der Waals surface area contributed by atoms with Crippen LogP contribution in [-0.2, 0) is 0 Å². The van der Waals surface area contributed by atoms with Crippen LogP contribution >= 0.6 is 0 Å². The lowest BCUT2D eigenvalue weighted by Crippen LogP contribution is -2.60. The standard InChI is InChI=1S/C24H29N5/c1-23(2)15-20(16-24(3,4)29-23)27-22-26-14-11-21(28-22)19-7-5-17(6-8-19)18-9-12-25-13-10-18/h5-14,20,29H,15-16H2,1-4H3,(H,26,27,28). The van der Waals surface area contributed by atoms with Crippen LogP contribution in [0.1, 0.15) is 40.5 Å². The Labute approximate surface area is 173 Å². The Morgan fingerprint density at radius 3 is 2.03 bits per heavy atom. The van der Waals surface area contributed by atoms with E-state index in [1.54, 1.807) is 0 Å². The van der Waals surface area contributed by atoms with E-state index in [4.69, 9.17) is 4.98 Å². The SMILES string of the molecule is CC1(C)CC(Nc2nccc(-c3ccc(-c4ccncc4)cc3)n2)CC(C)(C)N1. The first kappa shape index (κ1) is 19.5. The third-order valence-electron chi connectivity index (χ3n) is 5.37. The molecule has 1 aliphatic rings. The minimum absolute atomic E-state index is 0.0832. The molecule has 0 radical (unpaired) electrons. The van der Waals surface area contributed by atoms with Crippen LogP contribution in [0.4, 0.5) is 5.95 Å². The summed E-state index contributed by atoms with van der Waals surface area (Å²) in [6.45, 7) is 9.02. The van der Waals surface area contributed by atoms with E-state index in [2.05, 4.69) is 72.6 Å². The average molecular weight is 388 g/mol. The van der Waals surface area contributed by atoms with Gasteiger partial charge >= 0.3 is 0 Å². The van der Waals surface area contributed by atoms with Crippen LogP contribution in [0, 0.1) is 0 Å². The fourth-order valence-corrected chi connectivity index (χ4v) is 4.57. The van der Waals surface area contributed by atoms with E-state index < -0.39 is 0 Å². The zero-order valence-corrected chi connectivity index (χ0v) is 17.6. The highest BCUT2D eigenvalue weighted by atomic mass is 15.1. The molecule has 0 atom stereocenters. The Hall–Kier alpha value is -2.79. The molecule has 2 N–H and O–H groups in total. The fraction of sp³-hybridized carbons (Fsp3) is 0.375. The van der Waals surface area contributed by atoms with E-state index in [-0.39, 0.29) is 11.1 Å². The summed E-state index contributed by atoms with van der Waals surface area (Å²) in [6.07, 6.45) is 7.53. The average Bonchev–Trinajstić information content (AvgIpc) is 2.66. The second-order valence-electron chi connectivity index (χ2n) is 9.22. The van der Waals surface area contributed by atoms with Gasteiger partial charge in [0.1, 0.15) is 0 Å². The van der Waals surface area contributed by atoms with Crippen LogP contribution in [-0.4, -0.2) is 32.1 Å². The van der Waals surface area contributed by atoms with Gasteiger partial charge in [-0.25, -0.2) is 9.97 Å². The predicted molar refractivity (Wildman–Crippen MR) is 119 cm³/mol. The van der Waals surface area contributed by atoms with Crippen LogP contribution in [0.2, 0.25) is 0 Å². The zero-order chi connectivity index (χ0) is 20.5. The van der Waals surface area contributed by atoms with E-state index in [1.165, 1.54) is 5.56 Å². The Morgan fingerprint density at radius 2 is 1.38 bits per heavy atom. The van der Waals surface area contributed by atoms with Crippen LogP contribution < -0.4 is 10.6 Å². The summed E-state index contributed by atoms with van der Waals surface area (Å²) in [4.78, 5) is 13.3. The normalized spacial score (nSPS) is 18.3. The molecule has 3 heterocycles. The maximum Gasteiger partial charge on any atom is 0.223 e. The molecule has 5 nitrogen and oxygen atoms in total. The third-order valence-corrected chi connectivity index (χ3v) is 5.37. The molecule has 3 aromatic rings. The molecule has 0 amide bonds. The summed E-state index contributed by atoms with van der Waals surface area (Å²) in [5, 5.41) is 7.29. The number of nitrogens with one attached hydrogen (secondary N) is 2. The highest BCUT2D eigenvalue weighted by Gasteiger charge is 2.37. The Balaban J connectivity index is 1.52. The maximum absolute atomic E-state index is 4.78. The summed E-state index contributed by atoms with van der Waals surface area (Å²) in [5.74, 6) is 0.694. The van der Waals surface area contributed by atoms with Crippen molar-refractivity contribution in [1.29, 1.82) is 0 Å². The Bertz CT molecular complexity index is 948. The van der Waals surface area contributed by atoms with Gasteiger partial charge in [-0.05, 0) is 69.9 Å². The zero-order valence-electron chi connectivity index (χ0n) is 17.6. The molecule has 2 aromatic heterocycles. The molecule has 0 unspecified atom stereocenters. The van der Waals surface area contributed by atoms with Gasteiger partial charge in [0.05, 0.1) is 5.69 Å². The van der Waals surface area contributed by atoms with Crippen molar-refractivity contribution in [3.05, 3.63) is 61.1 Å². The summed E-state index contributed by atoms with van der Waals surface area (Å²) < 4.78 is 0. The van der Waals surface area contributed by atoms with Crippen molar-refractivity contribution >= 4 is 5.95 Å². The molecular formula is C24H29N5. The van der Waals surface area contributed by atoms with Gasteiger partial charge in [-0.1, -0.05) is 24.3 Å². The number of anilines is 1. The topological polar surface area (TPSA) is 62.7 Å². The summed E-state index contributed by atoms with van der Waals surface area (Å²) >= 11 is 0. The molecule has 0 spiro atoms. The second-order valence-corrected chi connectivity index (χ2v) is 9.22. The monoisotopic (exact) mass is 387 g/mol. The van der Waals surface area contributed by atoms with Gasteiger partial charge in [-0.2, -0.15) is 0 Å². The number of benzene rings is 1. The number of hydrogen-bond acceptors (Lipinski definition) is 5. The quantitative estimate of drug-likeness (QED) is 0.665. The number of rotatable bonds is 4. The van der Waals surface area contributed by atoms with Gasteiger partial charge in [-0.15, -0.1) is 0 Å². The van der Waals surface area contributed by atoms with Crippen molar-refractivity contribution < 1.29 is 0 Å². The Morgan fingerprint density at radius 1 is 0.793 bits per heavy atom. The minimum atomic E-state index is 0.0832. The maximum atomic E-state index is 4.78. The van der Waals surface area contributed by atoms with E-state index in [9.17, 15) is 0 Å². The smallest absolute Gasteiger partial charge is 0.223 e. The van der Waals surface area contributed by atoms with Gasteiger partial charge in [0, 0.05) is 41.3 Å². The van der Waals surface area contributed by atoms with Crippen molar-refractivity contribution in [1.82, 2.24) is 20.3 Å². The molecule has 1 saturated heterocycles. The third kappa shape index (κ3) is 4.80. The van der Waals surface area contributed by atoms with Gasteiger partial charge < -0.3 is 10.6 Å². The van der Waals surface area contributed by atoms with Crippen molar-refractivity contribution in [2.75, 3.05) is 5.32 Å². The van der Waals surface area contributed by atoms with Crippen LogP contribution in [0.5, 0.6) is 0 Å². The lowest BCUT2D eigenvalue weighted by atomic mass is 9.80. The molecular weight excluding hydrogens is 358 g/mol. The summed E-state index contributed by atoms with van der Waals surface area (Å²) in [6, 6.07) is 14.8. The first-order valence-electron chi connectivity index (χ1n) is 10.2. The second kappa shape index (κ2) is 7.56. The molecule has 29 heavy (non-hydrogen) atoms. The van der Waals surface area contributed by atoms with Gasteiger partial charge in [0.25, 0.3) is 0 Å². The molecule has 150 valence electrons. The predicted octanol–water partition coefficient (Wildman–Crippen LogP) is 4.93. The molecule has 0 saturated carbocycles. The fourth-order valence-electron chi connectivity index (χ4n) is 4.57. The molecule has 4 rings (SSSR count). The van der Waals surface area contributed by atoms with Gasteiger partial charge in [0.15, 0.2) is 0 Å². The molecule has 1 aliphatic heterocycles. The first-order valence-corrected chi connectivity index (χ1v) is 10.2. The lowest BCUT2D eigenvalue weighted by Gasteiger charge is -2.46. The van der Waals surface area contributed by atoms with E-state index in [1.807, 2.05) is 36.8 Å². The lowest BCUT2D eigenvalue weighted by molar-refractivity contribution is 0.170. The molecule has 5 heteroatoms. The first-order chi connectivity index (χ1) is 13.8. The summed E-state index contributed by atoms with van der Waals surface area (Å²) in [5.41, 5.74) is 4.51. The van der Waals surface area contributed by atoms with Gasteiger partial charge in [-0.3, -0.25) is 4.98 Å². The van der Waals surface area contributed by atoms with E-state index in [0.717, 1.165) is 29.7 Å². The van der Waals surface area contributed by atoms with Crippen molar-refractivity contribution in [3.8, 4) is 22.4 Å². The van der Waals surface area contributed by atoms with Crippen LogP contribution in [0.25, 0.3) is 22.4 Å². The molecule has 1 aromatic carbocycles. The summed E-state index contributed by atoms with van der Waals surface area (Å²) in [7, 11) is 0. The highest BCUT2D eigenvalue weighted by molar-refractivity contribution is 5.68. The largest absolute Gasteiger partial charge is 0.351 e. The number of hydrogen-bond donors (Lipinski definition) is 2. The van der Waals surface area contributed by atoms with E-state index >= 15 is 0 Å². The van der Waals surface area contributed by atoms with Crippen molar-refractivity contribution in [3.63, 3.8) is 0 Å². The highest BCUT2D eigenvalue weighted by Crippen LogP contribution is 2.30. The van der Waals surface area contributed by atoms with Crippen LogP contribution in [0.15, 0.2) is 61.1 Å². The van der Waals surface area contributed by atoms with Crippen LogP contribution in [0.3, 0.4) is 0 Å².